The minimum absolute atomic E-state index is 0.180. The quantitative estimate of drug-likeness (QED) is 0.483. The van der Waals surface area contributed by atoms with Gasteiger partial charge in [-0.2, -0.15) is 0 Å². The number of ether oxygens (including phenoxy) is 2. The summed E-state index contributed by atoms with van der Waals surface area (Å²) in [5, 5.41) is 21.0. The molecule has 1 heterocycles. The van der Waals surface area contributed by atoms with Gasteiger partial charge < -0.3 is 19.5 Å². The fraction of sp³-hybridized carbons (Fsp3) is 0.333. The predicted octanol–water partition coefficient (Wildman–Crippen LogP) is 2.22. The Morgan fingerprint density at radius 2 is 1.59 bits per heavy atom. The number of phenols is 1. The molecule has 2 rings (SSSR count). The van der Waals surface area contributed by atoms with E-state index in [1.54, 1.807) is 25.8 Å². The molecule has 9 nitrogen and oxygen atoms in total. The molecule has 1 N–H and O–H groups in total. The zero-order chi connectivity index (χ0) is 20.5. The summed E-state index contributed by atoms with van der Waals surface area (Å²) in [4.78, 5) is 36.9. The Labute approximate surface area is 155 Å². The van der Waals surface area contributed by atoms with Gasteiger partial charge in [-0.15, -0.1) is 0 Å². The summed E-state index contributed by atoms with van der Waals surface area (Å²) in [7, 11) is 4.13. The average molecular weight is 376 g/mol. The van der Waals surface area contributed by atoms with E-state index in [-0.39, 0.29) is 11.1 Å². The molecule has 1 aromatic carbocycles. The largest absolute Gasteiger partial charge is 0.502 e. The molecule has 0 aliphatic carbocycles. The lowest BCUT2D eigenvalue weighted by molar-refractivity contribution is -0.385. The first-order valence-corrected chi connectivity index (χ1v) is 7.94. The number of benzene rings is 1. The van der Waals surface area contributed by atoms with Crippen LogP contribution in [0.2, 0.25) is 0 Å². The van der Waals surface area contributed by atoms with Gasteiger partial charge >= 0.3 is 17.6 Å². The normalized spacial score (nSPS) is 15.1. The number of hydrogen-bond donors (Lipinski definition) is 1. The maximum atomic E-state index is 12.5. The van der Waals surface area contributed by atoms with Crippen LogP contribution in [0.5, 0.6) is 5.75 Å². The van der Waals surface area contributed by atoms with Gasteiger partial charge in [0.15, 0.2) is 5.75 Å². The minimum Gasteiger partial charge on any atom is -0.502 e. The van der Waals surface area contributed by atoms with Gasteiger partial charge in [0.05, 0.1) is 36.2 Å². The van der Waals surface area contributed by atoms with Gasteiger partial charge in [-0.1, -0.05) is 6.07 Å². The molecular formula is C18H20N2O7. The zero-order valence-corrected chi connectivity index (χ0v) is 15.6. The Bertz CT molecular complexity index is 846. The van der Waals surface area contributed by atoms with Gasteiger partial charge in [-0.05, 0) is 25.5 Å². The summed E-state index contributed by atoms with van der Waals surface area (Å²) < 4.78 is 9.76. The molecule has 0 saturated carbocycles. The van der Waals surface area contributed by atoms with Gasteiger partial charge in [0.25, 0.3) is 0 Å². The number of allylic oxidation sites excluding steroid dienone is 2. The van der Waals surface area contributed by atoms with Crippen LogP contribution in [0.3, 0.4) is 0 Å². The van der Waals surface area contributed by atoms with E-state index in [1.165, 1.54) is 26.4 Å². The Morgan fingerprint density at radius 1 is 1.11 bits per heavy atom. The van der Waals surface area contributed by atoms with Crippen molar-refractivity contribution in [3.8, 4) is 5.75 Å². The lowest BCUT2D eigenvalue weighted by atomic mass is 9.79. The third-order valence-electron chi connectivity index (χ3n) is 4.70. The van der Waals surface area contributed by atoms with Crippen LogP contribution >= 0.6 is 0 Å². The Morgan fingerprint density at radius 3 is 1.96 bits per heavy atom. The minimum atomic E-state index is -0.909. The first kappa shape index (κ1) is 20.0. The van der Waals surface area contributed by atoms with Crippen molar-refractivity contribution in [1.29, 1.82) is 0 Å². The van der Waals surface area contributed by atoms with Gasteiger partial charge in [0.2, 0.25) is 0 Å². The van der Waals surface area contributed by atoms with E-state index in [0.29, 0.717) is 17.0 Å². The van der Waals surface area contributed by atoms with Crippen LogP contribution < -0.4 is 0 Å². The second-order valence-corrected chi connectivity index (χ2v) is 5.98. The van der Waals surface area contributed by atoms with E-state index < -0.39 is 34.2 Å². The molecule has 0 saturated heterocycles. The van der Waals surface area contributed by atoms with Crippen molar-refractivity contribution in [3.05, 3.63) is 56.4 Å². The number of esters is 2. The number of rotatable bonds is 4. The standard InChI is InChI=1S/C18H20N2O7/c1-9-14(17(22)26-4)16(15(18(23)27-5)10(2)19(9)3)11-6-7-12(20(24)25)13(21)8-11/h6-8,16,21H,1-5H3. The van der Waals surface area contributed by atoms with Crippen LogP contribution in [-0.4, -0.2) is 48.1 Å². The molecule has 0 unspecified atom stereocenters. The van der Waals surface area contributed by atoms with Crippen molar-refractivity contribution in [2.75, 3.05) is 21.3 Å². The predicted molar refractivity (Wildman–Crippen MR) is 94.7 cm³/mol. The summed E-state index contributed by atoms with van der Waals surface area (Å²) in [5.74, 6) is -2.79. The van der Waals surface area contributed by atoms with Crippen LogP contribution in [0.4, 0.5) is 5.69 Å². The second-order valence-electron chi connectivity index (χ2n) is 5.98. The van der Waals surface area contributed by atoms with Crippen molar-refractivity contribution in [1.82, 2.24) is 4.90 Å². The van der Waals surface area contributed by atoms with E-state index in [4.69, 9.17) is 9.47 Å². The molecule has 0 radical (unpaired) electrons. The van der Waals surface area contributed by atoms with Crippen molar-refractivity contribution < 1.29 is 29.1 Å². The van der Waals surface area contributed by atoms with E-state index in [2.05, 4.69) is 0 Å². The number of nitrogens with zero attached hydrogens (tertiary/aromatic N) is 2. The first-order valence-electron chi connectivity index (χ1n) is 7.94. The number of hydrogen-bond acceptors (Lipinski definition) is 8. The Balaban J connectivity index is 2.79. The maximum absolute atomic E-state index is 12.5. The zero-order valence-electron chi connectivity index (χ0n) is 15.6. The fourth-order valence-electron chi connectivity index (χ4n) is 3.13. The summed E-state index contributed by atoms with van der Waals surface area (Å²) in [6.45, 7) is 3.39. The molecule has 9 heteroatoms. The van der Waals surface area contributed by atoms with E-state index in [1.807, 2.05) is 0 Å². The number of nitro benzene ring substituents is 1. The first-order chi connectivity index (χ1) is 12.6. The highest BCUT2D eigenvalue weighted by molar-refractivity contribution is 5.99. The number of carbonyl (C=O) groups is 2. The van der Waals surface area contributed by atoms with Gasteiger partial charge in [-0.25, -0.2) is 9.59 Å². The summed E-state index contributed by atoms with van der Waals surface area (Å²) in [6, 6.07) is 3.68. The smallest absolute Gasteiger partial charge is 0.336 e. The molecule has 1 aromatic rings. The number of nitro groups is 1. The number of aromatic hydroxyl groups is 1. The van der Waals surface area contributed by atoms with Gasteiger partial charge in [-0.3, -0.25) is 10.1 Å². The SMILES string of the molecule is COC(=O)C1=C(C)N(C)C(C)=C(C(=O)OC)C1c1ccc([N+](=O)[O-])c(O)c1. The molecule has 1 aliphatic heterocycles. The monoisotopic (exact) mass is 376 g/mol. The number of phenolic OH excluding ortho intramolecular Hbond substituents is 1. The molecule has 27 heavy (non-hydrogen) atoms. The molecule has 0 amide bonds. The molecule has 0 atom stereocenters. The molecule has 1 aliphatic rings. The molecule has 0 spiro atoms. The molecule has 0 bridgehead atoms. The lowest BCUT2D eigenvalue weighted by Crippen LogP contribution is -2.33. The van der Waals surface area contributed by atoms with Crippen molar-refractivity contribution in [2.45, 2.75) is 19.8 Å². The van der Waals surface area contributed by atoms with Crippen molar-refractivity contribution >= 4 is 17.6 Å². The second kappa shape index (κ2) is 7.48. The van der Waals surface area contributed by atoms with E-state index in [9.17, 15) is 24.8 Å². The fourth-order valence-corrected chi connectivity index (χ4v) is 3.13. The van der Waals surface area contributed by atoms with Crippen LogP contribution in [-0.2, 0) is 19.1 Å². The third kappa shape index (κ3) is 3.35. The summed E-state index contributed by atoms with van der Waals surface area (Å²) in [6.07, 6.45) is 0. The third-order valence-corrected chi connectivity index (χ3v) is 4.70. The van der Waals surface area contributed by atoms with Crippen LogP contribution in [0, 0.1) is 10.1 Å². The number of methoxy groups -OCH3 is 2. The molecular weight excluding hydrogens is 356 g/mol. The highest BCUT2D eigenvalue weighted by Gasteiger charge is 2.39. The van der Waals surface area contributed by atoms with Crippen LogP contribution in [0.1, 0.15) is 25.3 Å². The van der Waals surface area contributed by atoms with Gasteiger partial charge in [0.1, 0.15) is 0 Å². The summed E-state index contributed by atoms with van der Waals surface area (Å²) in [5.41, 5.74) is 1.31. The van der Waals surface area contributed by atoms with Gasteiger partial charge in [0, 0.05) is 24.5 Å². The van der Waals surface area contributed by atoms with Crippen LogP contribution in [0.15, 0.2) is 40.7 Å². The average Bonchev–Trinajstić information content (AvgIpc) is 2.64. The highest BCUT2D eigenvalue weighted by atomic mass is 16.6. The van der Waals surface area contributed by atoms with Crippen molar-refractivity contribution in [3.63, 3.8) is 0 Å². The van der Waals surface area contributed by atoms with Crippen molar-refractivity contribution in [2.24, 2.45) is 0 Å². The van der Waals surface area contributed by atoms with E-state index in [0.717, 1.165) is 6.07 Å². The molecule has 0 fully saturated rings. The Hall–Kier alpha value is -3.36. The highest BCUT2D eigenvalue weighted by Crippen LogP contribution is 2.43. The topological polar surface area (TPSA) is 119 Å². The number of carbonyl (C=O) groups excluding carboxylic acids is 2. The molecule has 144 valence electrons. The molecule has 0 aromatic heterocycles. The maximum Gasteiger partial charge on any atom is 0.336 e. The summed E-state index contributed by atoms with van der Waals surface area (Å²) >= 11 is 0. The van der Waals surface area contributed by atoms with Crippen LogP contribution in [0.25, 0.3) is 0 Å². The Kier molecular flexibility index (Phi) is 5.53. The van der Waals surface area contributed by atoms with E-state index >= 15 is 0 Å². The lowest BCUT2D eigenvalue weighted by Gasteiger charge is -2.35.